The van der Waals surface area contributed by atoms with Gasteiger partial charge in [-0.1, -0.05) is 0 Å². The molecule has 108 valence electrons. The van der Waals surface area contributed by atoms with Crippen LogP contribution in [0.5, 0.6) is 0 Å². The number of carboxylic acids is 1. The number of urea groups is 1. The van der Waals surface area contributed by atoms with Gasteiger partial charge in [-0.25, -0.2) is 4.79 Å². The van der Waals surface area contributed by atoms with Crippen LogP contribution in [0.4, 0.5) is 4.79 Å². The normalized spacial score (nSPS) is 26.7. The number of fused-ring (bicyclic) bond motifs is 1. The summed E-state index contributed by atoms with van der Waals surface area (Å²) in [6.45, 7) is 3.32. The van der Waals surface area contributed by atoms with E-state index in [1.165, 1.54) is 12.8 Å². The Morgan fingerprint density at radius 3 is 3.00 bits per heavy atom. The van der Waals surface area contributed by atoms with Crippen LogP contribution >= 0.6 is 0 Å². The topological polar surface area (TPSA) is 90.9 Å². The molecule has 0 spiro atoms. The number of nitrogens with zero attached hydrogens (tertiary/aromatic N) is 1. The summed E-state index contributed by atoms with van der Waals surface area (Å²) < 4.78 is 5.71. The molecule has 2 fully saturated rings. The zero-order chi connectivity index (χ0) is 13.7. The lowest BCUT2D eigenvalue weighted by molar-refractivity contribution is -0.136. The molecule has 2 aliphatic heterocycles. The first-order valence-electron chi connectivity index (χ1n) is 6.74. The van der Waals surface area contributed by atoms with Crippen LogP contribution in [0.1, 0.15) is 19.3 Å². The van der Waals surface area contributed by atoms with Crippen LogP contribution in [0.2, 0.25) is 0 Å². The van der Waals surface area contributed by atoms with Crippen LogP contribution < -0.4 is 10.6 Å². The van der Waals surface area contributed by atoms with Crippen molar-refractivity contribution in [1.29, 1.82) is 0 Å². The van der Waals surface area contributed by atoms with Gasteiger partial charge in [0, 0.05) is 25.7 Å². The molecule has 2 amide bonds. The molecule has 2 aliphatic rings. The molecule has 0 radical (unpaired) electrons. The number of ether oxygens (including phenoxy) is 1. The average molecular weight is 271 g/mol. The molecule has 0 aromatic carbocycles. The number of rotatable bonds is 5. The van der Waals surface area contributed by atoms with E-state index in [-0.39, 0.29) is 25.1 Å². The summed E-state index contributed by atoms with van der Waals surface area (Å²) in [6.07, 6.45) is 2.39. The number of nitrogens with one attached hydrogen (secondary N) is 2. The predicted octanol–water partition coefficient (Wildman–Crippen LogP) is -0.376. The largest absolute Gasteiger partial charge is 0.481 e. The third-order valence-electron chi connectivity index (χ3n) is 3.58. The molecule has 2 saturated heterocycles. The minimum Gasteiger partial charge on any atom is -0.481 e. The van der Waals surface area contributed by atoms with E-state index in [0.29, 0.717) is 12.6 Å². The van der Waals surface area contributed by atoms with Crippen molar-refractivity contribution in [2.45, 2.75) is 31.4 Å². The Morgan fingerprint density at radius 2 is 2.21 bits per heavy atom. The van der Waals surface area contributed by atoms with Crippen molar-refractivity contribution >= 4 is 12.0 Å². The lowest BCUT2D eigenvalue weighted by Gasteiger charge is -2.35. The Hall–Kier alpha value is -1.34. The molecule has 7 heteroatoms. The third kappa shape index (κ3) is 4.36. The number of hydrogen-bond donors (Lipinski definition) is 3. The lowest BCUT2D eigenvalue weighted by atomic mass is 10.2. The van der Waals surface area contributed by atoms with Gasteiger partial charge in [-0.15, -0.1) is 0 Å². The maximum atomic E-state index is 11.4. The van der Waals surface area contributed by atoms with Crippen molar-refractivity contribution < 1.29 is 19.4 Å². The maximum absolute atomic E-state index is 11.4. The lowest BCUT2D eigenvalue weighted by Crippen LogP contribution is -2.51. The van der Waals surface area contributed by atoms with Crippen molar-refractivity contribution in [3.8, 4) is 0 Å². The number of morpholine rings is 1. The number of aliphatic carboxylic acids is 1. The molecule has 0 aromatic rings. The van der Waals surface area contributed by atoms with Gasteiger partial charge in [0.2, 0.25) is 0 Å². The molecular formula is C12H21N3O4. The Labute approximate surface area is 112 Å². The van der Waals surface area contributed by atoms with Crippen molar-refractivity contribution in [2.24, 2.45) is 0 Å². The second kappa shape index (κ2) is 6.72. The Balaban J connectivity index is 1.60. The van der Waals surface area contributed by atoms with Gasteiger partial charge in [-0.2, -0.15) is 0 Å². The SMILES string of the molecule is O=C(O)CCNC(=O)NCC1CN2CCCC2CO1. The summed E-state index contributed by atoms with van der Waals surface area (Å²) in [5.74, 6) is -0.920. The van der Waals surface area contributed by atoms with E-state index < -0.39 is 5.97 Å². The first kappa shape index (κ1) is 14.1. The second-order valence-corrected chi connectivity index (χ2v) is 5.03. The predicted molar refractivity (Wildman–Crippen MR) is 68.0 cm³/mol. The molecule has 2 heterocycles. The quantitative estimate of drug-likeness (QED) is 0.634. The number of carboxylic acid groups (broad SMARTS) is 1. The Bertz CT molecular complexity index is 337. The molecule has 2 unspecified atom stereocenters. The Morgan fingerprint density at radius 1 is 1.37 bits per heavy atom. The highest BCUT2D eigenvalue weighted by Gasteiger charge is 2.32. The number of amides is 2. The second-order valence-electron chi connectivity index (χ2n) is 5.03. The molecule has 2 rings (SSSR count). The molecular weight excluding hydrogens is 250 g/mol. The minimum absolute atomic E-state index is 0.0274. The van der Waals surface area contributed by atoms with Gasteiger partial charge < -0.3 is 20.5 Å². The van der Waals surface area contributed by atoms with Crippen molar-refractivity contribution in [3.63, 3.8) is 0 Å². The Kier molecular flexibility index (Phi) is 4.98. The van der Waals surface area contributed by atoms with E-state index in [1.54, 1.807) is 0 Å². The van der Waals surface area contributed by atoms with Crippen LogP contribution in [0.3, 0.4) is 0 Å². The van der Waals surface area contributed by atoms with Gasteiger partial charge in [-0.05, 0) is 19.4 Å². The number of carbonyl (C=O) groups excluding carboxylic acids is 1. The molecule has 0 bridgehead atoms. The maximum Gasteiger partial charge on any atom is 0.314 e. The van der Waals surface area contributed by atoms with Gasteiger partial charge in [0.15, 0.2) is 0 Å². The summed E-state index contributed by atoms with van der Waals surface area (Å²) >= 11 is 0. The molecule has 0 aliphatic carbocycles. The molecule has 0 saturated carbocycles. The fourth-order valence-electron chi connectivity index (χ4n) is 2.56. The molecule has 7 nitrogen and oxygen atoms in total. The standard InChI is InChI=1S/C12H21N3O4/c16-11(17)3-4-13-12(18)14-6-10-7-15-5-1-2-9(15)8-19-10/h9-10H,1-8H2,(H,16,17)(H2,13,14,18). The van der Waals surface area contributed by atoms with Crippen molar-refractivity contribution in [3.05, 3.63) is 0 Å². The minimum atomic E-state index is -0.920. The molecule has 3 N–H and O–H groups in total. The fourth-order valence-corrected chi connectivity index (χ4v) is 2.56. The third-order valence-corrected chi connectivity index (χ3v) is 3.58. The van der Waals surface area contributed by atoms with Gasteiger partial charge in [0.25, 0.3) is 0 Å². The highest BCUT2D eigenvalue weighted by molar-refractivity contribution is 5.74. The smallest absolute Gasteiger partial charge is 0.314 e. The van der Waals surface area contributed by atoms with Crippen molar-refractivity contribution in [2.75, 3.05) is 32.8 Å². The monoisotopic (exact) mass is 271 g/mol. The van der Waals surface area contributed by atoms with E-state index in [1.807, 2.05) is 0 Å². The summed E-state index contributed by atoms with van der Waals surface area (Å²) in [6, 6.07) is 0.217. The highest BCUT2D eigenvalue weighted by Crippen LogP contribution is 2.22. The number of hydrogen-bond acceptors (Lipinski definition) is 4. The van der Waals surface area contributed by atoms with Crippen LogP contribution in [-0.4, -0.2) is 66.9 Å². The zero-order valence-corrected chi connectivity index (χ0v) is 10.9. The zero-order valence-electron chi connectivity index (χ0n) is 10.9. The molecule has 2 atom stereocenters. The van der Waals surface area contributed by atoms with E-state index >= 15 is 0 Å². The molecule has 19 heavy (non-hydrogen) atoms. The summed E-state index contributed by atoms with van der Waals surface area (Å²) in [4.78, 5) is 24.1. The van der Waals surface area contributed by atoms with Crippen LogP contribution in [0.15, 0.2) is 0 Å². The summed E-state index contributed by atoms with van der Waals surface area (Å²) in [7, 11) is 0. The number of carbonyl (C=O) groups is 2. The van der Waals surface area contributed by atoms with Crippen LogP contribution in [0.25, 0.3) is 0 Å². The van der Waals surface area contributed by atoms with E-state index in [9.17, 15) is 9.59 Å². The molecule has 0 aromatic heterocycles. The first-order valence-corrected chi connectivity index (χ1v) is 6.74. The van der Waals surface area contributed by atoms with E-state index in [0.717, 1.165) is 19.7 Å². The van der Waals surface area contributed by atoms with Gasteiger partial charge in [0.05, 0.1) is 19.1 Å². The van der Waals surface area contributed by atoms with Gasteiger partial charge in [0.1, 0.15) is 0 Å². The fraction of sp³-hybridized carbons (Fsp3) is 0.833. The van der Waals surface area contributed by atoms with Gasteiger partial charge >= 0.3 is 12.0 Å². The average Bonchev–Trinajstić information content (AvgIpc) is 2.83. The van der Waals surface area contributed by atoms with E-state index in [2.05, 4.69) is 15.5 Å². The summed E-state index contributed by atoms with van der Waals surface area (Å²) in [5.41, 5.74) is 0. The van der Waals surface area contributed by atoms with E-state index in [4.69, 9.17) is 9.84 Å². The van der Waals surface area contributed by atoms with Gasteiger partial charge in [-0.3, -0.25) is 9.69 Å². The first-order chi connectivity index (χ1) is 9.15. The van der Waals surface area contributed by atoms with Crippen LogP contribution in [-0.2, 0) is 9.53 Å². The van der Waals surface area contributed by atoms with Crippen molar-refractivity contribution in [1.82, 2.24) is 15.5 Å². The summed E-state index contributed by atoms with van der Waals surface area (Å²) in [5, 5.41) is 13.7. The highest BCUT2D eigenvalue weighted by atomic mass is 16.5. The van der Waals surface area contributed by atoms with Crippen LogP contribution in [0, 0.1) is 0 Å².